The lowest BCUT2D eigenvalue weighted by Gasteiger charge is -2.32. The fourth-order valence-corrected chi connectivity index (χ4v) is 6.00. The molecule has 0 bridgehead atoms. The van der Waals surface area contributed by atoms with Crippen LogP contribution in [0.4, 0.5) is 10.5 Å². The molecule has 3 aromatic carbocycles. The Morgan fingerprint density at radius 1 is 0.784 bits per heavy atom. The molecule has 2 atom stereocenters. The maximum atomic E-state index is 14.0. The number of morpholine rings is 1. The quantitative estimate of drug-likeness (QED) is 0.132. The van der Waals surface area contributed by atoms with E-state index in [9.17, 15) is 9.59 Å². The second-order valence-corrected chi connectivity index (χ2v) is 16.1. The Morgan fingerprint density at radius 2 is 1.35 bits per heavy atom. The number of urea groups is 1. The van der Waals surface area contributed by atoms with Gasteiger partial charge in [0.25, 0.3) is 5.91 Å². The first-order valence-corrected chi connectivity index (χ1v) is 18.0. The number of hydrogen-bond acceptors (Lipinski definition) is 7. The standard InChI is InChI=1S/C35H34Cl6N4O6/c1-48-25-14-12-24(13-15-25)42-33(47)44-32(35(39,40)41)51-28-10-6-5-9-27(28)50-31(34(36,37)38)43-30(46)26-16-11-23(21-22-7-3-2-4-8-22)29(26)45-17-19-49-20-18-45/h2-10,12-15,21,31-32H,11,16-20H2,1H3,(H,43,46)(H2,42,44,47). The molecule has 272 valence electrons. The summed E-state index contributed by atoms with van der Waals surface area (Å²) in [7, 11) is 1.53. The number of ether oxygens (including phenoxy) is 4. The van der Waals surface area contributed by atoms with Gasteiger partial charge in [0.2, 0.25) is 20.0 Å². The molecule has 2 unspecified atom stereocenters. The number of nitrogens with one attached hydrogen (secondary N) is 3. The number of anilines is 1. The number of carbonyl (C=O) groups is 2. The largest absolute Gasteiger partial charge is 0.497 e. The lowest BCUT2D eigenvalue weighted by atomic mass is 10.1. The van der Waals surface area contributed by atoms with Crippen molar-refractivity contribution in [1.29, 1.82) is 0 Å². The Hall–Kier alpha value is -3.22. The number of alkyl halides is 6. The Morgan fingerprint density at radius 3 is 1.92 bits per heavy atom. The molecule has 51 heavy (non-hydrogen) atoms. The van der Waals surface area contributed by atoms with Gasteiger partial charge in [-0.3, -0.25) is 10.1 Å². The van der Waals surface area contributed by atoms with Gasteiger partial charge in [-0.1, -0.05) is 112 Å². The molecule has 3 aromatic rings. The Labute approximate surface area is 325 Å². The molecule has 1 aliphatic heterocycles. The highest BCUT2D eigenvalue weighted by molar-refractivity contribution is 6.68. The van der Waals surface area contributed by atoms with E-state index in [-0.39, 0.29) is 11.5 Å². The van der Waals surface area contributed by atoms with Crippen LogP contribution in [0.15, 0.2) is 95.7 Å². The van der Waals surface area contributed by atoms with Crippen molar-refractivity contribution >= 4 is 93.3 Å². The number of carbonyl (C=O) groups excluding carboxylic acids is 2. The number of allylic oxidation sites excluding steroid dienone is 1. The normalized spacial score (nSPS) is 17.1. The molecule has 0 spiro atoms. The third-order valence-electron chi connectivity index (χ3n) is 7.78. The number of para-hydroxylation sites is 2. The first-order chi connectivity index (χ1) is 24.3. The average molecular weight is 819 g/mol. The van der Waals surface area contributed by atoms with Crippen molar-refractivity contribution in [3.8, 4) is 17.2 Å². The van der Waals surface area contributed by atoms with Crippen LogP contribution in [0.25, 0.3) is 6.08 Å². The van der Waals surface area contributed by atoms with E-state index in [1.165, 1.54) is 19.2 Å². The van der Waals surface area contributed by atoms with E-state index in [2.05, 4.69) is 26.9 Å². The second kappa shape index (κ2) is 17.5. The number of rotatable bonds is 11. The van der Waals surface area contributed by atoms with Gasteiger partial charge >= 0.3 is 6.03 Å². The van der Waals surface area contributed by atoms with E-state index in [1.807, 2.05) is 30.3 Å². The Balaban J connectivity index is 1.36. The van der Waals surface area contributed by atoms with Crippen LogP contribution < -0.4 is 30.2 Å². The number of nitrogens with zero attached hydrogens (tertiary/aromatic N) is 1. The minimum absolute atomic E-state index is 0.00856. The van der Waals surface area contributed by atoms with Crippen LogP contribution in [-0.2, 0) is 9.53 Å². The molecule has 5 rings (SSSR count). The zero-order chi connectivity index (χ0) is 36.6. The minimum Gasteiger partial charge on any atom is -0.497 e. The fraction of sp³-hybridized carbons (Fsp3) is 0.314. The SMILES string of the molecule is COc1ccc(NC(=O)NC(Oc2ccccc2OC(NC(=O)C2=C(N3CCOCC3)C(=Cc3ccccc3)CC2)C(Cl)(Cl)Cl)C(Cl)(Cl)Cl)cc1. The summed E-state index contributed by atoms with van der Waals surface area (Å²) < 4.78 is 18.5. The number of amides is 3. The second-order valence-electron chi connectivity index (χ2n) is 11.3. The van der Waals surface area contributed by atoms with Gasteiger partial charge in [0.1, 0.15) is 5.75 Å². The van der Waals surface area contributed by atoms with Crippen LogP contribution in [-0.4, -0.2) is 70.3 Å². The van der Waals surface area contributed by atoms with Crippen LogP contribution in [0.5, 0.6) is 17.2 Å². The van der Waals surface area contributed by atoms with Crippen molar-refractivity contribution in [1.82, 2.24) is 15.5 Å². The molecule has 3 amide bonds. The molecule has 16 heteroatoms. The third kappa shape index (κ3) is 10.9. The molecule has 1 heterocycles. The molecule has 2 aliphatic rings. The maximum Gasteiger partial charge on any atom is 0.322 e. The molecular formula is C35H34Cl6N4O6. The number of halogens is 6. The molecule has 3 N–H and O–H groups in total. The average Bonchev–Trinajstić information content (AvgIpc) is 3.52. The van der Waals surface area contributed by atoms with E-state index >= 15 is 0 Å². The van der Waals surface area contributed by atoms with Gasteiger partial charge in [-0.05, 0) is 66.5 Å². The molecule has 0 radical (unpaired) electrons. The van der Waals surface area contributed by atoms with Crippen molar-refractivity contribution in [3.05, 3.63) is 101 Å². The third-order valence-corrected chi connectivity index (χ3v) is 8.97. The van der Waals surface area contributed by atoms with E-state index < -0.39 is 32.0 Å². The molecular weight excluding hydrogens is 785 g/mol. The molecule has 0 saturated carbocycles. The van der Waals surface area contributed by atoms with Crippen molar-refractivity contribution in [2.24, 2.45) is 0 Å². The molecule has 0 aromatic heterocycles. The molecule has 1 fully saturated rings. The molecule has 1 saturated heterocycles. The Bertz CT molecular complexity index is 1720. The molecule has 10 nitrogen and oxygen atoms in total. The van der Waals surface area contributed by atoms with Crippen molar-refractivity contribution in [2.45, 2.75) is 32.9 Å². The first-order valence-electron chi connectivity index (χ1n) is 15.7. The van der Waals surface area contributed by atoms with E-state index in [1.54, 1.807) is 36.4 Å². The van der Waals surface area contributed by atoms with E-state index in [0.29, 0.717) is 56.2 Å². The highest BCUT2D eigenvalue weighted by Gasteiger charge is 2.40. The molecule has 1 aliphatic carbocycles. The van der Waals surface area contributed by atoms with Gasteiger partial charge in [-0.25, -0.2) is 4.79 Å². The highest BCUT2D eigenvalue weighted by Crippen LogP contribution is 2.40. The van der Waals surface area contributed by atoms with Gasteiger partial charge in [0.05, 0.1) is 20.3 Å². The lowest BCUT2D eigenvalue weighted by molar-refractivity contribution is -0.120. The van der Waals surface area contributed by atoms with Crippen LogP contribution >= 0.6 is 69.6 Å². The minimum atomic E-state index is -2.15. The smallest absolute Gasteiger partial charge is 0.322 e. The topological polar surface area (TPSA) is 110 Å². The summed E-state index contributed by atoms with van der Waals surface area (Å²) >= 11 is 37.8. The van der Waals surface area contributed by atoms with Crippen molar-refractivity contribution in [3.63, 3.8) is 0 Å². The van der Waals surface area contributed by atoms with Gasteiger partial charge in [0.15, 0.2) is 11.5 Å². The number of hydrogen-bond donors (Lipinski definition) is 3. The predicted octanol–water partition coefficient (Wildman–Crippen LogP) is 8.25. The zero-order valence-corrected chi connectivity index (χ0v) is 31.7. The van der Waals surface area contributed by atoms with E-state index in [4.69, 9.17) is 88.6 Å². The van der Waals surface area contributed by atoms with Crippen LogP contribution in [0.2, 0.25) is 0 Å². The zero-order valence-electron chi connectivity index (χ0n) is 27.1. The Kier molecular flexibility index (Phi) is 13.4. The van der Waals surface area contributed by atoms with Crippen LogP contribution in [0.3, 0.4) is 0 Å². The summed E-state index contributed by atoms with van der Waals surface area (Å²) in [6.07, 6.45) is 0.142. The van der Waals surface area contributed by atoms with Crippen LogP contribution in [0.1, 0.15) is 18.4 Å². The predicted molar refractivity (Wildman–Crippen MR) is 202 cm³/mol. The highest BCUT2D eigenvalue weighted by atomic mass is 35.6. The monoisotopic (exact) mass is 816 g/mol. The lowest BCUT2D eigenvalue weighted by Crippen LogP contribution is -2.50. The van der Waals surface area contributed by atoms with Gasteiger partial charge in [-0.2, -0.15) is 0 Å². The van der Waals surface area contributed by atoms with E-state index in [0.717, 1.165) is 16.8 Å². The van der Waals surface area contributed by atoms with Crippen LogP contribution in [0, 0.1) is 0 Å². The first kappa shape index (κ1) is 39.0. The van der Waals surface area contributed by atoms with Gasteiger partial charge in [-0.15, -0.1) is 0 Å². The van der Waals surface area contributed by atoms with Crippen molar-refractivity contribution < 1.29 is 28.5 Å². The fourth-order valence-electron chi connectivity index (χ4n) is 5.41. The number of benzene rings is 3. The van der Waals surface area contributed by atoms with Crippen molar-refractivity contribution in [2.75, 3.05) is 38.7 Å². The summed E-state index contributed by atoms with van der Waals surface area (Å²) in [5.41, 5.74) is 3.81. The summed E-state index contributed by atoms with van der Waals surface area (Å²) in [6, 6.07) is 22.0. The summed E-state index contributed by atoms with van der Waals surface area (Å²) in [4.78, 5) is 29.0. The maximum absolute atomic E-state index is 14.0. The summed E-state index contributed by atoms with van der Waals surface area (Å²) in [5, 5.41) is 7.88. The summed E-state index contributed by atoms with van der Waals surface area (Å²) in [5.74, 6) is 0.156. The van der Waals surface area contributed by atoms with Gasteiger partial charge < -0.3 is 34.5 Å². The summed E-state index contributed by atoms with van der Waals surface area (Å²) in [6.45, 7) is 2.29. The van der Waals surface area contributed by atoms with Gasteiger partial charge in [0, 0.05) is 30.0 Å². The number of methoxy groups -OCH3 is 1.